The van der Waals surface area contributed by atoms with Gasteiger partial charge < -0.3 is 0 Å². The van der Waals surface area contributed by atoms with Crippen molar-refractivity contribution in [3.8, 4) is 0 Å². The molecule has 0 N–H and O–H groups in total. The van der Waals surface area contributed by atoms with E-state index < -0.39 is 33.7 Å². The van der Waals surface area contributed by atoms with Crippen LogP contribution in [-0.4, -0.2) is 10.7 Å². The molecule has 0 aromatic heterocycles. The molecule has 0 aliphatic carbocycles. The van der Waals surface area contributed by atoms with Crippen LogP contribution in [0.2, 0.25) is 5.02 Å². The Labute approximate surface area is 98.1 Å². The van der Waals surface area contributed by atoms with Crippen LogP contribution in [0.15, 0.2) is 12.1 Å². The van der Waals surface area contributed by atoms with Gasteiger partial charge in [-0.3, -0.25) is 14.9 Å². The molecule has 0 saturated carbocycles. The lowest BCUT2D eigenvalue weighted by Crippen LogP contribution is -2.12. The number of Topliss-reactive ketones (excluding diaryl/α,β-unsaturated/α-hetero) is 1. The maximum Gasteiger partial charge on any atom is 0.423 e. The lowest BCUT2D eigenvalue weighted by atomic mass is 10.0. The van der Waals surface area contributed by atoms with Gasteiger partial charge in [0.25, 0.3) is 5.69 Å². The average Bonchev–Trinajstić information content (AvgIpc) is 2.14. The third kappa shape index (κ3) is 2.55. The zero-order chi connectivity index (χ0) is 13.4. The Morgan fingerprint density at radius 1 is 1.41 bits per heavy atom. The van der Waals surface area contributed by atoms with Crippen LogP contribution in [-0.2, 0) is 6.18 Å². The van der Waals surface area contributed by atoms with Gasteiger partial charge in [0, 0.05) is 0 Å². The van der Waals surface area contributed by atoms with Crippen LogP contribution in [0.4, 0.5) is 18.9 Å². The molecule has 1 aromatic rings. The first-order chi connectivity index (χ1) is 7.66. The second kappa shape index (κ2) is 4.33. The number of benzene rings is 1. The summed E-state index contributed by atoms with van der Waals surface area (Å²) in [6, 6.07) is 1.29. The Balaban J connectivity index is 3.72. The van der Waals surface area contributed by atoms with Gasteiger partial charge >= 0.3 is 6.18 Å². The number of carbonyl (C=O) groups is 1. The summed E-state index contributed by atoms with van der Waals surface area (Å²) in [5.41, 5.74) is -3.53. The number of halogens is 4. The Bertz CT molecular complexity index is 499. The summed E-state index contributed by atoms with van der Waals surface area (Å²) < 4.78 is 37.6. The zero-order valence-electron chi connectivity index (χ0n) is 8.34. The van der Waals surface area contributed by atoms with Crippen LogP contribution in [0.5, 0.6) is 0 Å². The molecule has 0 heterocycles. The summed E-state index contributed by atoms with van der Waals surface area (Å²) in [5.74, 6) is -0.896. The molecule has 0 atom stereocenters. The quantitative estimate of drug-likeness (QED) is 0.468. The van der Waals surface area contributed by atoms with E-state index in [-0.39, 0.29) is 5.02 Å². The molecule has 1 aromatic carbocycles. The summed E-state index contributed by atoms with van der Waals surface area (Å²) in [6.07, 6.45) is -4.92. The topological polar surface area (TPSA) is 60.2 Å². The standard InChI is InChI=1S/C9H5ClF3NO3/c1-4(15)7-6(10)3-2-5(9(11,12)13)8(7)14(16)17/h2-3H,1H3. The molecule has 17 heavy (non-hydrogen) atoms. The van der Waals surface area contributed by atoms with Gasteiger partial charge in [-0.15, -0.1) is 0 Å². The molecule has 0 spiro atoms. The molecule has 92 valence electrons. The van der Waals surface area contributed by atoms with E-state index in [2.05, 4.69) is 0 Å². The summed E-state index contributed by atoms with van der Waals surface area (Å²) in [6.45, 7) is 0.911. The maximum atomic E-state index is 12.5. The summed E-state index contributed by atoms with van der Waals surface area (Å²) in [4.78, 5) is 20.5. The van der Waals surface area contributed by atoms with E-state index in [1.165, 1.54) is 0 Å². The monoisotopic (exact) mass is 267 g/mol. The van der Waals surface area contributed by atoms with Crippen LogP contribution in [0.3, 0.4) is 0 Å². The van der Waals surface area contributed by atoms with Gasteiger partial charge in [-0.25, -0.2) is 0 Å². The molecule has 1 rings (SSSR count). The normalized spacial score (nSPS) is 11.4. The van der Waals surface area contributed by atoms with Gasteiger partial charge in [-0.1, -0.05) is 11.6 Å². The fourth-order valence-corrected chi connectivity index (χ4v) is 1.61. The molecule has 0 amide bonds. The van der Waals surface area contributed by atoms with E-state index in [1.54, 1.807) is 0 Å². The van der Waals surface area contributed by atoms with E-state index >= 15 is 0 Å². The molecule has 0 aliphatic heterocycles. The minimum Gasteiger partial charge on any atom is -0.294 e. The van der Waals surface area contributed by atoms with Crippen molar-refractivity contribution in [3.63, 3.8) is 0 Å². The van der Waals surface area contributed by atoms with Crippen molar-refractivity contribution >= 4 is 23.1 Å². The smallest absolute Gasteiger partial charge is 0.294 e. The fraction of sp³-hybridized carbons (Fsp3) is 0.222. The molecule has 0 fully saturated rings. The Hall–Kier alpha value is -1.63. The van der Waals surface area contributed by atoms with Crippen LogP contribution in [0.25, 0.3) is 0 Å². The predicted molar refractivity (Wildman–Crippen MR) is 53.1 cm³/mol. The predicted octanol–water partition coefficient (Wildman–Crippen LogP) is 3.47. The number of nitrogens with zero attached hydrogens (tertiary/aromatic N) is 1. The minimum absolute atomic E-state index is 0.378. The van der Waals surface area contributed by atoms with Crippen LogP contribution in [0.1, 0.15) is 22.8 Å². The molecule has 0 aliphatic rings. The Morgan fingerprint density at radius 3 is 2.29 bits per heavy atom. The van der Waals surface area contributed by atoms with E-state index in [4.69, 9.17) is 11.6 Å². The molecule has 8 heteroatoms. The number of nitro groups is 1. The number of rotatable bonds is 2. The number of ketones is 1. The van der Waals surface area contributed by atoms with Gasteiger partial charge in [-0.05, 0) is 19.1 Å². The first kappa shape index (κ1) is 13.4. The maximum absolute atomic E-state index is 12.5. The van der Waals surface area contributed by atoms with E-state index in [0.717, 1.165) is 13.0 Å². The molecule has 0 radical (unpaired) electrons. The third-order valence-corrected chi connectivity index (χ3v) is 2.28. The van der Waals surface area contributed by atoms with Gasteiger partial charge in [0.2, 0.25) is 0 Å². The van der Waals surface area contributed by atoms with Gasteiger partial charge in [0.05, 0.1) is 9.95 Å². The molecular formula is C9H5ClF3NO3. The van der Waals surface area contributed by atoms with Crippen LogP contribution in [0, 0.1) is 10.1 Å². The van der Waals surface area contributed by atoms with Crippen molar-refractivity contribution < 1.29 is 22.9 Å². The third-order valence-electron chi connectivity index (χ3n) is 1.97. The second-order valence-corrected chi connectivity index (χ2v) is 3.54. The summed E-state index contributed by atoms with van der Waals surface area (Å²) >= 11 is 5.50. The highest BCUT2D eigenvalue weighted by Gasteiger charge is 2.41. The highest BCUT2D eigenvalue weighted by Crippen LogP contribution is 2.40. The first-order valence-corrected chi connectivity index (χ1v) is 4.59. The number of nitro benzene ring substituents is 1. The average molecular weight is 268 g/mol. The highest BCUT2D eigenvalue weighted by molar-refractivity contribution is 6.34. The molecule has 4 nitrogen and oxygen atoms in total. The van der Waals surface area contributed by atoms with Crippen LogP contribution < -0.4 is 0 Å². The lowest BCUT2D eigenvalue weighted by Gasteiger charge is -2.10. The fourth-order valence-electron chi connectivity index (χ4n) is 1.32. The van der Waals surface area contributed by atoms with Crippen molar-refractivity contribution in [2.24, 2.45) is 0 Å². The second-order valence-electron chi connectivity index (χ2n) is 3.13. The number of alkyl halides is 3. The largest absolute Gasteiger partial charge is 0.423 e. The van der Waals surface area contributed by atoms with Crippen molar-refractivity contribution in [1.29, 1.82) is 0 Å². The SMILES string of the molecule is CC(=O)c1c(Cl)ccc(C(F)(F)F)c1[N+](=O)[O-]. The van der Waals surface area contributed by atoms with Crippen molar-refractivity contribution in [3.05, 3.63) is 38.4 Å². The zero-order valence-corrected chi connectivity index (χ0v) is 9.09. The molecule has 0 bridgehead atoms. The van der Waals surface area contributed by atoms with Crippen LogP contribution >= 0.6 is 11.6 Å². The summed E-state index contributed by atoms with van der Waals surface area (Å²) in [7, 11) is 0. The van der Waals surface area contributed by atoms with E-state index in [9.17, 15) is 28.1 Å². The van der Waals surface area contributed by atoms with Crippen molar-refractivity contribution in [2.45, 2.75) is 13.1 Å². The summed E-state index contributed by atoms with van der Waals surface area (Å²) in [5, 5.41) is 10.3. The minimum atomic E-state index is -4.92. The molecule has 0 saturated heterocycles. The molecular weight excluding hydrogens is 263 g/mol. The lowest BCUT2D eigenvalue weighted by molar-refractivity contribution is -0.388. The van der Waals surface area contributed by atoms with Crippen molar-refractivity contribution in [1.82, 2.24) is 0 Å². The van der Waals surface area contributed by atoms with Gasteiger partial charge in [0.1, 0.15) is 11.1 Å². The number of hydrogen-bond donors (Lipinski definition) is 0. The highest BCUT2D eigenvalue weighted by atomic mass is 35.5. The molecule has 0 unspecified atom stereocenters. The van der Waals surface area contributed by atoms with Gasteiger partial charge in [-0.2, -0.15) is 13.2 Å². The first-order valence-electron chi connectivity index (χ1n) is 4.21. The van der Waals surface area contributed by atoms with Crippen molar-refractivity contribution in [2.75, 3.05) is 0 Å². The number of carbonyl (C=O) groups excluding carboxylic acids is 1. The van der Waals surface area contributed by atoms with Gasteiger partial charge in [0.15, 0.2) is 5.78 Å². The van der Waals surface area contributed by atoms with E-state index in [0.29, 0.717) is 6.07 Å². The van der Waals surface area contributed by atoms with E-state index in [1.807, 2.05) is 0 Å². The Morgan fingerprint density at radius 2 is 1.94 bits per heavy atom. The number of hydrogen-bond acceptors (Lipinski definition) is 3. The Kier molecular flexibility index (Phi) is 3.42.